The third-order valence-electron chi connectivity index (χ3n) is 7.26. The van der Waals surface area contributed by atoms with Gasteiger partial charge in [-0.2, -0.15) is 4.57 Å². The second-order valence-electron chi connectivity index (χ2n) is 8.67. The Morgan fingerprint density at radius 1 is 0.700 bits per heavy atom. The molecule has 2 aliphatic heterocycles. The molecule has 0 fully saturated rings. The summed E-state index contributed by atoms with van der Waals surface area (Å²) in [5.41, 5.74) is 6.99. The van der Waals surface area contributed by atoms with Crippen molar-refractivity contribution in [3.05, 3.63) is 137 Å². The normalized spacial score (nSPS) is 22.5. The number of aromatic nitrogens is 1. The summed E-state index contributed by atoms with van der Waals surface area (Å²) >= 11 is 0. The van der Waals surface area contributed by atoms with Crippen LogP contribution in [-0.2, 0) is 11.0 Å². The van der Waals surface area contributed by atoms with Crippen molar-refractivity contribution in [3.8, 4) is 0 Å². The zero-order chi connectivity index (χ0) is 19.5. The Kier molecular flexibility index (Phi) is 4.34. The van der Waals surface area contributed by atoms with Gasteiger partial charge in [-0.1, -0.05) is 91.0 Å². The Balaban J connectivity index is 0.00000193. The SMILES string of the molecule is CC12CC(c3ccccc3)(c3ccccc3)C(c3ccccc31)c1cccc[n+]12.[Cl-]. The minimum Gasteiger partial charge on any atom is -1.00 e. The first-order chi connectivity index (χ1) is 14.2. The molecular weight excluding hydrogens is 386 g/mol. The molecule has 2 unspecified atom stereocenters. The monoisotopic (exact) mass is 409 g/mol. The van der Waals surface area contributed by atoms with E-state index in [0.717, 1.165) is 6.42 Å². The van der Waals surface area contributed by atoms with E-state index in [-0.39, 0.29) is 29.3 Å². The standard InChI is InChI=1S/C28H24N.ClH/c1-27-20-28(21-12-4-2-5-13-21,22-14-6-3-7-15-22)26(23-16-8-9-17-24(23)27)25-18-10-11-19-29(25)27;/h2-19,26H,20H2,1H3;1H/q+1;/p-1. The first kappa shape index (κ1) is 19.1. The number of halogens is 1. The summed E-state index contributed by atoms with van der Waals surface area (Å²) in [6.45, 7) is 2.42. The van der Waals surface area contributed by atoms with Crippen LogP contribution in [0.2, 0.25) is 0 Å². The fourth-order valence-corrected chi connectivity index (χ4v) is 6.19. The van der Waals surface area contributed by atoms with Crippen LogP contribution in [0, 0.1) is 0 Å². The lowest BCUT2D eigenvalue weighted by atomic mass is 9.50. The predicted molar refractivity (Wildman–Crippen MR) is 116 cm³/mol. The lowest BCUT2D eigenvalue weighted by Crippen LogP contribution is -3.00. The van der Waals surface area contributed by atoms with E-state index >= 15 is 0 Å². The van der Waals surface area contributed by atoms with E-state index in [9.17, 15) is 0 Å². The van der Waals surface area contributed by atoms with Crippen LogP contribution < -0.4 is 17.0 Å². The molecule has 148 valence electrons. The first-order valence-electron chi connectivity index (χ1n) is 10.5. The van der Waals surface area contributed by atoms with Crippen molar-refractivity contribution in [2.45, 2.75) is 30.2 Å². The zero-order valence-corrected chi connectivity index (χ0v) is 17.8. The van der Waals surface area contributed by atoms with Crippen LogP contribution in [0.5, 0.6) is 0 Å². The molecule has 30 heavy (non-hydrogen) atoms. The van der Waals surface area contributed by atoms with Gasteiger partial charge in [-0.3, -0.25) is 0 Å². The van der Waals surface area contributed by atoms with Crippen LogP contribution in [-0.4, -0.2) is 0 Å². The number of rotatable bonds is 2. The second kappa shape index (κ2) is 6.82. The lowest BCUT2D eigenvalue weighted by Gasteiger charge is -2.53. The van der Waals surface area contributed by atoms with Crippen LogP contribution in [0.15, 0.2) is 109 Å². The molecule has 0 radical (unpaired) electrons. The van der Waals surface area contributed by atoms with Crippen molar-refractivity contribution >= 4 is 0 Å². The van der Waals surface area contributed by atoms with Gasteiger partial charge >= 0.3 is 0 Å². The highest BCUT2D eigenvalue weighted by Crippen LogP contribution is 2.61. The molecule has 3 aliphatic rings. The number of pyridine rings is 1. The molecule has 0 saturated carbocycles. The number of benzene rings is 3. The highest BCUT2D eigenvalue weighted by Gasteiger charge is 2.64. The van der Waals surface area contributed by atoms with E-state index in [2.05, 4.69) is 121 Å². The van der Waals surface area contributed by atoms with E-state index in [0.29, 0.717) is 0 Å². The van der Waals surface area contributed by atoms with Crippen LogP contribution in [0.1, 0.15) is 47.2 Å². The summed E-state index contributed by atoms with van der Waals surface area (Å²) in [5.74, 6) is 0.284. The third kappa shape index (κ3) is 2.33. The average molecular weight is 410 g/mol. The molecule has 2 atom stereocenters. The smallest absolute Gasteiger partial charge is 0.192 e. The maximum absolute atomic E-state index is 2.53. The van der Waals surface area contributed by atoms with Gasteiger partial charge in [-0.25, -0.2) is 0 Å². The highest BCUT2D eigenvalue weighted by molar-refractivity contribution is 5.56. The second-order valence-corrected chi connectivity index (χ2v) is 8.67. The summed E-state index contributed by atoms with van der Waals surface area (Å²) < 4.78 is 2.53. The molecule has 0 N–H and O–H groups in total. The molecule has 1 aromatic heterocycles. The van der Waals surface area contributed by atoms with Gasteiger partial charge in [-0.05, 0) is 16.7 Å². The predicted octanol–water partition coefficient (Wildman–Crippen LogP) is 2.58. The molecule has 2 heteroatoms. The highest BCUT2D eigenvalue weighted by atomic mass is 35.5. The Labute approximate surface area is 184 Å². The van der Waals surface area contributed by atoms with E-state index in [1.54, 1.807) is 0 Å². The van der Waals surface area contributed by atoms with E-state index in [4.69, 9.17) is 0 Å². The molecule has 1 aliphatic carbocycles. The first-order valence-corrected chi connectivity index (χ1v) is 10.5. The molecule has 3 heterocycles. The molecule has 2 bridgehead atoms. The maximum atomic E-state index is 2.53. The number of hydrogen-bond donors (Lipinski definition) is 0. The van der Waals surface area contributed by atoms with Crippen molar-refractivity contribution in [2.24, 2.45) is 0 Å². The average Bonchev–Trinajstić information content (AvgIpc) is 2.80. The largest absolute Gasteiger partial charge is 1.00 e. The van der Waals surface area contributed by atoms with Crippen molar-refractivity contribution in [2.75, 3.05) is 0 Å². The van der Waals surface area contributed by atoms with Gasteiger partial charge < -0.3 is 12.4 Å². The third-order valence-corrected chi connectivity index (χ3v) is 7.26. The molecule has 0 amide bonds. The van der Waals surface area contributed by atoms with Crippen LogP contribution in [0.4, 0.5) is 0 Å². The zero-order valence-electron chi connectivity index (χ0n) is 17.0. The van der Waals surface area contributed by atoms with Gasteiger partial charge in [0.25, 0.3) is 0 Å². The van der Waals surface area contributed by atoms with Gasteiger partial charge in [0.15, 0.2) is 17.4 Å². The van der Waals surface area contributed by atoms with Gasteiger partial charge in [-0.15, -0.1) is 0 Å². The minimum atomic E-state index is -0.0903. The van der Waals surface area contributed by atoms with Crippen LogP contribution in [0.25, 0.3) is 0 Å². The van der Waals surface area contributed by atoms with Crippen molar-refractivity contribution < 1.29 is 17.0 Å². The Morgan fingerprint density at radius 3 is 1.93 bits per heavy atom. The minimum absolute atomic E-state index is 0. The topological polar surface area (TPSA) is 3.88 Å². The van der Waals surface area contributed by atoms with Crippen molar-refractivity contribution in [1.82, 2.24) is 0 Å². The Morgan fingerprint density at radius 2 is 1.27 bits per heavy atom. The molecule has 0 saturated heterocycles. The molecule has 3 aromatic carbocycles. The van der Waals surface area contributed by atoms with Crippen LogP contribution >= 0.6 is 0 Å². The number of fused-ring (bicyclic) bond motifs is 1. The van der Waals surface area contributed by atoms with E-state index < -0.39 is 0 Å². The lowest BCUT2D eigenvalue weighted by molar-refractivity contribution is -0.769. The van der Waals surface area contributed by atoms with Crippen molar-refractivity contribution in [1.29, 1.82) is 0 Å². The fourth-order valence-electron chi connectivity index (χ4n) is 6.19. The van der Waals surface area contributed by atoms with Gasteiger partial charge in [0.05, 0.1) is 5.92 Å². The van der Waals surface area contributed by atoms with Gasteiger partial charge in [0.1, 0.15) is 0 Å². The number of nitrogens with zero attached hydrogens (tertiary/aromatic N) is 1. The summed E-state index contributed by atoms with van der Waals surface area (Å²) in [5, 5.41) is 0. The number of hydrogen-bond acceptors (Lipinski definition) is 0. The molecule has 7 rings (SSSR count). The molecular formula is C28H24ClN. The summed E-state index contributed by atoms with van der Waals surface area (Å²) in [4.78, 5) is 0. The molecule has 0 spiro atoms. The van der Waals surface area contributed by atoms with E-state index in [1.165, 1.54) is 27.9 Å². The Hall–Kier alpha value is -2.90. The molecule has 1 nitrogen and oxygen atoms in total. The summed E-state index contributed by atoms with van der Waals surface area (Å²) in [6, 6.07) is 38.1. The fraction of sp³-hybridized carbons (Fsp3) is 0.179. The van der Waals surface area contributed by atoms with Gasteiger partial charge in [0.2, 0.25) is 0 Å². The van der Waals surface area contributed by atoms with E-state index in [1.807, 2.05) is 0 Å². The quantitative estimate of drug-likeness (QED) is 0.448. The summed E-state index contributed by atoms with van der Waals surface area (Å²) in [7, 11) is 0. The van der Waals surface area contributed by atoms with Gasteiger partial charge in [0, 0.05) is 36.5 Å². The van der Waals surface area contributed by atoms with Crippen LogP contribution in [0.3, 0.4) is 0 Å². The molecule has 4 aromatic rings. The maximum Gasteiger partial charge on any atom is 0.192 e. The van der Waals surface area contributed by atoms with Crippen molar-refractivity contribution in [3.63, 3.8) is 0 Å². The Bertz CT molecular complexity index is 1110. The summed E-state index contributed by atoms with van der Waals surface area (Å²) in [6.07, 6.45) is 3.33.